The van der Waals surface area contributed by atoms with Crippen LogP contribution in [0.25, 0.3) is 10.9 Å². The number of para-hydroxylation sites is 1. The third-order valence-corrected chi connectivity index (χ3v) is 7.22. The fourth-order valence-electron chi connectivity index (χ4n) is 5.03. The molecule has 1 aliphatic carbocycles. The molecule has 2 aromatic rings. The maximum Gasteiger partial charge on any atom is 0.326 e. The Hall–Kier alpha value is -3.89. The van der Waals surface area contributed by atoms with Crippen LogP contribution in [-0.2, 0) is 30.4 Å². The molecule has 0 radical (unpaired) electrons. The Kier molecular flexibility index (Phi) is 10.9. The second-order valence-electron chi connectivity index (χ2n) is 10.2. The van der Waals surface area contributed by atoms with E-state index in [4.69, 9.17) is 5.11 Å². The van der Waals surface area contributed by atoms with Crippen molar-refractivity contribution >= 4 is 40.6 Å². The molecule has 0 spiro atoms. The van der Waals surface area contributed by atoms with Crippen molar-refractivity contribution in [3.63, 3.8) is 0 Å². The van der Waals surface area contributed by atoms with Gasteiger partial charge in [-0.2, -0.15) is 0 Å². The van der Waals surface area contributed by atoms with E-state index < -0.39 is 35.8 Å². The number of fused-ring (bicyclic) bond motifs is 1. The average Bonchev–Trinajstić information content (AvgIpc) is 3.32. The van der Waals surface area contributed by atoms with Crippen LogP contribution < -0.4 is 16.0 Å². The molecule has 1 heterocycles. The molecule has 0 aliphatic heterocycles. The van der Waals surface area contributed by atoms with Gasteiger partial charge in [0.25, 0.3) is 0 Å². The van der Waals surface area contributed by atoms with Crippen LogP contribution in [0.1, 0.15) is 76.2 Å². The molecule has 212 valence electrons. The Balaban J connectivity index is 1.40. The molecule has 3 rings (SSSR count). The number of hydrogen-bond donors (Lipinski definition) is 6. The topological polar surface area (TPSA) is 178 Å². The molecule has 1 aliphatic rings. The molecule has 11 nitrogen and oxygen atoms in total. The maximum absolute atomic E-state index is 13.1. The zero-order valence-corrected chi connectivity index (χ0v) is 22.1. The highest BCUT2D eigenvalue weighted by atomic mass is 16.4. The molecule has 1 saturated carbocycles. The highest BCUT2D eigenvalue weighted by Gasteiger charge is 2.42. The van der Waals surface area contributed by atoms with Gasteiger partial charge in [-0.15, -0.1) is 0 Å². The minimum absolute atomic E-state index is 0.0570. The van der Waals surface area contributed by atoms with Gasteiger partial charge in [0, 0.05) is 42.9 Å². The summed E-state index contributed by atoms with van der Waals surface area (Å²) >= 11 is 0. The standard InChI is InChI=1S/C28H38N4O7/c33-23(13-11-19-18-30-21-9-3-2-8-20(19)21)29-17-7-4-10-24(34)32-28(15-5-1-6-16-28)27(39)31-22(26(37)38)12-14-25(35)36/h2-3,8-9,18,22,30H,1,4-7,10-17H2,(H,29,33)(H,31,39)(H,32,34)(H,35,36)(H,37,38)/t22-/m0/s1. The predicted molar refractivity (Wildman–Crippen MR) is 144 cm³/mol. The van der Waals surface area contributed by atoms with Gasteiger partial charge in [-0.05, 0) is 50.2 Å². The van der Waals surface area contributed by atoms with Gasteiger partial charge in [-0.25, -0.2) is 4.79 Å². The lowest BCUT2D eigenvalue weighted by Crippen LogP contribution is -2.62. The van der Waals surface area contributed by atoms with Crippen LogP contribution in [0.4, 0.5) is 0 Å². The number of carbonyl (C=O) groups excluding carboxylic acids is 3. The number of unbranched alkanes of at least 4 members (excludes halogenated alkanes) is 1. The first-order valence-corrected chi connectivity index (χ1v) is 13.6. The molecule has 0 saturated heterocycles. The van der Waals surface area contributed by atoms with E-state index in [9.17, 15) is 29.1 Å². The molecule has 0 bridgehead atoms. The molecule has 1 aromatic carbocycles. The Morgan fingerprint density at radius 3 is 2.38 bits per heavy atom. The lowest BCUT2D eigenvalue weighted by Gasteiger charge is -2.37. The van der Waals surface area contributed by atoms with Crippen molar-refractivity contribution in [1.82, 2.24) is 20.9 Å². The molecule has 11 heteroatoms. The van der Waals surface area contributed by atoms with E-state index in [1.54, 1.807) is 0 Å². The van der Waals surface area contributed by atoms with Crippen LogP contribution in [0, 0.1) is 0 Å². The number of amides is 3. The van der Waals surface area contributed by atoms with E-state index in [2.05, 4.69) is 20.9 Å². The minimum atomic E-state index is -1.34. The lowest BCUT2D eigenvalue weighted by atomic mass is 9.80. The normalized spacial score (nSPS) is 15.3. The van der Waals surface area contributed by atoms with Gasteiger partial charge >= 0.3 is 11.9 Å². The van der Waals surface area contributed by atoms with E-state index in [-0.39, 0.29) is 24.7 Å². The van der Waals surface area contributed by atoms with Crippen molar-refractivity contribution in [2.75, 3.05) is 6.54 Å². The monoisotopic (exact) mass is 542 g/mol. The molecule has 1 atom stereocenters. The maximum atomic E-state index is 13.1. The lowest BCUT2D eigenvalue weighted by molar-refractivity contribution is -0.145. The summed E-state index contributed by atoms with van der Waals surface area (Å²) in [6, 6.07) is 6.60. The summed E-state index contributed by atoms with van der Waals surface area (Å²) in [7, 11) is 0. The second-order valence-corrected chi connectivity index (χ2v) is 10.2. The number of rotatable bonds is 15. The van der Waals surface area contributed by atoms with Gasteiger partial charge in [0.2, 0.25) is 17.7 Å². The van der Waals surface area contributed by atoms with E-state index in [0.29, 0.717) is 57.9 Å². The van der Waals surface area contributed by atoms with E-state index in [0.717, 1.165) is 22.9 Å². The zero-order chi connectivity index (χ0) is 28.3. The quantitative estimate of drug-likeness (QED) is 0.187. The molecular weight excluding hydrogens is 504 g/mol. The predicted octanol–water partition coefficient (Wildman–Crippen LogP) is 2.64. The smallest absolute Gasteiger partial charge is 0.326 e. The Morgan fingerprint density at radius 1 is 0.923 bits per heavy atom. The molecule has 6 N–H and O–H groups in total. The number of H-pyrrole nitrogens is 1. The van der Waals surface area contributed by atoms with E-state index >= 15 is 0 Å². The van der Waals surface area contributed by atoms with Crippen LogP contribution in [0.15, 0.2) is 30.5 Å². The number of aryl methyl sites for hydroxylation is 1. The number of nitrogens with one attached hydrogen (secondary N) is 4. The molecular formula is C28H38N4O7. The molecule has 1 aromatic heterocycles. The largest absolute Gasteiger partial charge is 0.481 e. The van der Waals surface area contributed by atoms with Crippen molar-refractivity contribution in [3.8, 4) is 0 Å². The van der Waals surface area contributed by atoms with Gasteiger partial charge in [0.05, 0.1) is 0 Å². The summed E-state index contributed by atoms with van der Waals surface area (Å²) < 4.78 is 0. The first kappa shape index (κ1) is 29.7. The number of carboxylic acid groups (broad SMARTS) is 2. The van der Waals surface area contributed by atoms with Crippen molar-refractivity contribution in [3.05, 3.63) is 36.0 Å². The van der Waals surface area contributed by atoms with Gasteiger partial charge in [-0.3, -0.25) is 19.2 Å². The fourth-order valence-corrected chi connectivity index (χ4v) is 5.03. The third-order valence-electron chi connectivity index (χ3n) is 7.22. The highest BCUT2D eigenvalue weighted by molar-refractivity contribution is 5.94. The Morgan fingerprint density at radius 2 is 1.67 bits per heavy atom. The van der Waals surface area contributed by atoms with Crippen molar-refractivity contribution in [2.24, 2.45) is 0 Å². The SMILES string of the molecule is O=C(O)CC[C@H](NC(=O)C1(NC(=O)CCCCNC(=O)CCc2c[nH]c3ccccc23)CCCCC1)C(=O)O. The van der Waals surface area contributed by atoms with Gasteiger partial charge in [0.15, 0.2) is 0 Å². The number of carboxylic acids is 2. The summed E-state index contributed by atoms with van der Waals surface area (Å²) in [6.45, 7) is 0.440. The first-order chi connectivity index (χ1) is 18.7. The van der Waals surface area contributed by atoms with Crippen LogP contribution in [0.5, 0.6) is 0 Å². The van der Waals surface area contributed by atoms with Crippen LogP contribution in [0.3, 0.4) is 0 Å². The van der Waals surface area contributed by atoms with Gasteiger partial charge in [-0.1, -0.05) is 37.5 Å². The summed E-state index contributed by atoms with van der Waals surface area (Å²) in [5, 5.41) is 27.5. The Bertz CT molecular complexity index is 1170. The number of aliphatic carboxylic acids is 2. The summed E-state index contributed by atoms with van der Waals surface area (Å²) in [6.07, 6.45) is 6.68. The second kappa shape index (κ2) is 14.3. The summed E-state index contributed by atoms with van der Waals surface area (Å²) in [5.41, 5.74) is 0.927. The average molecular weight is 543 g/mol. The fraction of sp³-hybridized carbons (Fsp3) is 0.536. The summed E-state index contributed by atoms with van der Waals surface area (Å²) in [4.78, 5) is 63.6. The zero-order valence-electron chi connectivity index (χ0n) is 22.1. The van der Waals surface area contributed by atoms with E-state index in [1.165, 1.54) is 0 Å². The molecule has 39 heavy (non-hydrogen) atoms. The molecule has 3 amide bonds. The van der Waals surface area contributed by atoms with Crippen molar-refractivity contribution in [1.29, 1.82) is 0 Å². The molecule has 1 fully saturated rings. The van der Waals surface area contributed by atoms with Crippen molar-refractivity contribution in [2.45, 2.75) is 88.6 Å². The van der Waals surface area contributed by atoms with Crippen LogP contribution in [0.2, 0.25) is 0 Å². The number of aromatic nitrogens is 1. The molecule has 0 unspecified atom stereocenters. The van der Waals surface area contributed by atoms with Crippen LogP contribution >= 0.6 is 0 Å². The first-order valence-electron chi connectivity index (χ1n) is 13.6. The number of aromatic amines is 1. The van der Waals surface area contributed by atoms with Gasteiger partial charge < -0.3 is 31.1 Å². The van der Waals surface area contributed by atoms with Gasteiger partial charge in [0.1, 0.15) is 11.6 Å². The Labute approximate surface area is 227 Å². The summed E-state index contributed by atoms with van der Waals surface area (Å²) in [5.74, 6) is -3.42. The number of hydrogen-bond acceptors (Lipinski definition) is 5. The van der Waals surface area contributed by atoms with E-state index in [1.807, 2.05) is 30.5 Å². The number of carbonyl (C=O) groups is 5. The van der Waals surface area contributed by atoms with Crippen molar-refractivity contribution < 1.29 is 34.2 Å². The number of benzene rings is 1. The van der Waals surface area contributed by atoms with Crippen LogP contribution in [-0.4, -0.2) is 63.0 Å². The third kappa shape index (κ3) is 8.83. The highest BCUT2D eigenvalue weighted by Crippen LogP contribution is 2.29. The minimum Gasteiger partial charge on any atom is -0.481 e.